The van der Waals surface area contributed by atoms with Gasteiger partial charge in [-0.05, 0) is 52.5 Å². The van der Waals surface area contributed by atoms with E-state index in [1.165, 1.54) is 0 Å². The molecule has 2 fully saturated rings. The van der Waals surface area contributed by atoms with Crippen LogP contribution >= 0.6 is 0 Å². The molecule has 1 aliphatic heterocycles. The van der Waals surface area contributed by atoms with Gasteiger partial charge in [0.1, 0.15) is 0 Å². The van der Waals surface area contributed by atoms with E-state index in [4.69, 9.17) is 0 Å². The quantitative estimate of drug-likeness (QED) is 0.848. The Balaban J connectivity index is 1.57. The number of rotatable bonds is 4. The lowest BCUT2D eigenvalue weighted by Gasteiger charge is -2.23. The number of carboxylic acids is 1. The number of nitrogens with zero attached hydrogens (tertiary/aromatic N) is 5. The summed E-state index contributed by atoms with van der Waals surface area (Å²) in [6.07, 6.45) is 2.69. The molecule has 0 spiro atoms. The number of aliphatic carboxylic acids is 1. The molecule has 8 nitrogen and oxygen atoms in total. The zero-order valence-corrected chi connectivity index (χ0v) is 17.4. The van der Waals surface area contributed by atoms with Gasteiger partial charge in [0.15, 0.2) is 0 Å². The number of carboxylic acid groups (broad SMARTS) is 1. The number of amides is 1. The molecule has 2 aromatic rings. The Hall–Kier alpha value is -2.77. The van der Waals surface area contributed by atoms with E-state index < -0.39 is 11.4 Å². The smallest absolute Gasteiger partial charge is 0.311 e. The van der Waals surface area contributed by atoms with Crippen LogP contribution in [0.25, 0.3) is 5.95 Å². The topological polar surface area (TPSA) is 101 Å². The molecule has 1 aliphatic carbocycles. The van der Waals surface area contributed by atoms with Crippen LogP contribution in [0.3, 0.4) is 0 Å². The van der Waals surface area contributed by atoms with Gasteiger partial charge in [0.2, 0.25) is 5.91 Å². The number of aryl methyl sites for hydroxylation is 3. The molecule has 0 aromatic carbocycles. The Morgan fingerprint density at radius 3 is 2.52 bits per heavy atom. The lowest BCUT2D eigenvalue weighted by molar-refractivity contribution is -0.149. The number of hydrogen-bond donors (Lipinski definition) is 1. The van der Waals surface area contributed by atoms with Crippen molar-refractivity contribution in [1.29, 1.82) is 0 Å². The van der Waals surface area contributed by atoms with Crippen molar-refractivity contribution in [1.82, 2.24) is 24.6 Å². The predicted molar refractivity (Wildman–Crippen MR) is 106 cm³/mol. The van der Waals surface area contributed by atoms with Crippen LogP contribution in [-0.4, -0.2) is 54.7 Å². The first kappa shape index (κ1) is 19.5. The summed E-state index contributed by atoms with van der Waals surface area (Å²) in [5, 5.41) is 14.3. The van der Waals surface area contributed by atoms with E-state index in [1.807, 2.05) is 33.8 Å². The van der Waals surface area contributed by atoms with Gasteiger partial charge < -0.3 is 10.0 Å². The largest absolute Gasteiger partial charge is 0.481 e. The van der Waals surface area contributed by atoms with Crippen molar-refractivity contribution in [3.05, 3.63) is 34.4 Å². The lowest BCUT2D eigenvalue weighted by atomic mass is 9.81. The molecule has 2 aliphatic rings. The molecule has 2 aromatic heterocycles. The van der Waals surface area contributed by atoms with Gasteiger partial charge in [0.25, 0.3) is 5.95 Å². The average Bonchev–Trinajstić information content (AvgIpc) is 3.28. The lowest BCUT2D eigenvalue weighted by Crippen LogP contribution is -2.37. The van der Waals surface area contributed by atoms with Gasteiger partial charge in [0.05, 0.1) is 17.5 Å². The summed E-state index contributed by atoms with van der Waals surface area (Å²) in [5.41, 5.74) is 3.44. The fourth-order valence-electron chi connectivity index (χ4n) is 5.02. The SMILES string of the molecule is Cc1cc(C)nc(-n2nc(C)c(CC(=O)N3C[C@@H]4CCC[C@@]4(C(=O)O)C3)c2C)n1. The minimum absolute atomic E-state index is 0.0351. The van der Waals surface area contributed by atoms with E-state index in [2.05, 4.69) is 15.1 Å². The van der Waals surface area contributed by atoms with Crippen LogP contribution in [0.4, 0.5) is 0 Å². The maximum absolute atomic E-state index is 13.0. The molecule has 4 rings (SSSR count). The molecule has 8 heteroatoms. The maximum Gasteiger partial charge on any atom is 0.311 e. The van der Waals surface area contributed by atoms with E-state index in [0.29, 0.717) is 25.5 Å². The highest BCUT2D eigenvalue weighted by molar-refractivity contribution is 5.83. The second kappa shape index (κ2) is 6.93. The standard InChI is InChI=1S/C21H27N5O3/c1-12-8-13(2)23-20(22-12)26-15(4)17(14(3)24-26)9-18(27)25-10-16-6-5-7-21(16,11-25)19(28)29/h8,16H,5-7,9-11H2,1-4H3,(H,28,29)/t16-,21+/m0/s1. The van der Waals surface area contributed by atoms with Crippen LogP contribution in [0.1, 0.15) is 47.6 Å². The Morgan fingerprint density at radius 1 is 1.21 bits per heavy atom. The molecule has 1 saturated carbocycles. The Kier molecular flexibility index (Phi) is 4.67. The third-order valence-electron chi connectivity index (χ3n) is 6.58. The highest BCUT2D eigenvalue weighted by Gasteiger charge is 2.55. The molecule has 3 heterocycles. The highest BCUT2D eigenvalue weighted by atomic mass is 16.4. The summed E-state index contributed by atoms with van der Waals surface area (Å²) >= 11 is 0. The molecule has 154 valence electrons. The molecule has 0 bridgehead atoms. The van der Waals surface area contributed by atoms with E-state index >= 15 is 0 Å². The summed E-state index contributed by atoms with van der Waals surface area (Å²) in [5.74, 6) is -0.227. The molecule has 2 atom stereocenters. The normalized spacial score (nSPS) is 23.4. The summed E-state index contributed by atoms with van der Waals surface area (Å²) < 4.78 is 1.69. The van der Waals surface area contributed by atoms with Gasteiger partial charge in [-0.1, -0.05) is 6.42 Å². The van der Waals surface area contributed by atoms with Crippen LogP contribution in [0.15, 0.2) is 6.07 Å². The fourth-order valence-corrected chi connectivity index (χ4v) is 5.02. The number of hydrogen-bond acceptors (Lipinski definition) is 5. The number of fused-ring (bicyclic) bond motifs is 1. The second-order valence-corrected chi connectivity index (χ2v) is 8.51. The molecule has 1 N–H and O–H groups in total. The van der Waals surface area contributed by atoms with E-state index in [-0.39, 0.29) is 18.2 Å². The third-order valence-corrected chi connectivity index (χ3v) is 6.58. The third kappa shape index (κ3) is 3.20. The second-order valence-electron chi connectivity index (χ2n) is 8.51. The monoisotopic (exact) mass is 397 g/mol. The van der Waals surface area contributed by atoms with E-state index in [9.17, 15) is 14.7 Å². The minimum atomic E-state index is -0.762. The minimum Gasteiger partial charge on any atom is -0.481 e. The van der Waals surface area contributed by atoms with Crippen molar-refractivity contribution < 1.29 is 14.7 Å². The van der Waals surface area contributed by atoms with Crippen LogP contribution in [-0.2, 0) is 16.0 Å². The summed E-state index contributed by atoms with van der Waals surface area (Å²) in [7, 11) is 0. The first-order valence-corrected chi connectivity index (χ1v) is 10.1. The molecular weight excluding hydrogens is 370 g/mol. The summed E-state index contributed by atoms with van der Waals surface area (Å²) in [6.45, 7) is 8.48. The molecule has 1 saturated heterocycles. The predicted octanol–water partition coefficient (Wildman–Crippen LogP) is 2.15. The van der Waals surface area contributed by atoms with E-state index in [0.717, 1.165) is 41.2 Å². The number of likely N-dealkylation sites (tertiary alicyclic amines) is 1. The van der Waals surface area contributed by atoms with Crippen LogP contribution in [0.2, 0.25) is 0 Å². The Labute approximate surface area is 170 Å². The summed E-state index contributed by atoms with van der Waals surface area (Å²) in [6, 6.07) is 1.90. The van der Waals surface area contributed by atoms with Crippen molar-refractivity contribution in [2.75, 3.05) is 13.1 Å². The first-order valence-electron chi connectivity index (χ1n) is 10.1. The zero-order chi connectivity index (χ0) is 20.9. The van der Waals surface area contributed by atoms with Crippen molar-refractivity contribution in [3.63, 3.8) is 0 Å². The molecule has 0 radical (unpaired) electrons. The molecular formula is C21H27N5O3. The van der Waals surface area contributed by atoms with Crippen molar-refractivity contribution in [2.45, 2.75) is 53.4 Å². The van der Waals surface area contributed by atoms with Crippen molar-refractivity contribution >= 4 is 11.9 Å². The fraction of sp³-hybridized carbons (Fsp3) is 0.571. The molecule has 29 heavy (non-hydrogen) atoms. The molecule has 0 unspecified atom stereocenters. The van der Waals surface area contributed by atoms with Gasteiger partial charge in [-0.15, -0.1) is 0 Å². The van der Waals surface area contributed by atoms with Crippen molar-refractivity contribution in [2.24, 2.45) is 11.3 Å². The first-order chi connectivity index (χ1) is 13.7. The Morgan fingerprint density at radius 2 is 1.90 bits per heavy atom. The van der Waals surface area contributed by atoms with Crippen LogP contribution in [0, 0.1) is 39.0 Å². The Bertz CT molecular complexity index is 978. The number of carbonyl (C=O) groups excluding carboxylic acids is 1. The zero-order valence-electron chi connectivity index (χ0n) is 17.4. The van der Waals surface area contributed by atoms with Gasteiger partial charge in [-0.25, -0.2) is 14.6 Å². The van der Waals surface area contributed by atoms with Gasteiger partial charge in [-0.2, -0.15) is 5.10 Å². The average molecular weight is 397 g/mol. The van der Waals surface area contributed by atoms with Crippen molar-refractivity contribution in [3.8, 4) is 5.95 Å². The summed E-state index contributed by atoms with van der Waals surface area (Å²) in [4.78, 5) is 35.6. The molecule has 1 amide bonds. The van der Waals surface area contributed by atoms with Gasteiger partial charge in [-0.3, -0.25) is 9.59 Å². The number of aromatic nitrogens is 4. The highest BCUT2D eigenvalue weighted by Crippen LogP contribution is 2.49. The number of carbonyl (C=O) groups is 2. The maximum atomic E-state index is 13.0. The van der Waals surface area contributed by atoms with Gasteiger partial charge >= 0.3 is 5.97 Å². The van der Waals surface area contributed by atoms with Gasteiger partial charge in [0, 0.05) is 35.7 Å². The van der Waals surface area contributed by atoms with E-state index in [1.54, 1.807) is 9.58 Å². The van der Waals surface area contributed by atoms with Crippen LogP contribution < -0.4 is 0 Å². The van der Waals surface area contributed by atoms with Crippen LogP contribution in [0.5, 0.6) is 0 Å².